The maximum absolute atomic E-state index is 11.6. The highest BCUT2D eigenvalue weighted by molar-refractivity contribution is 8.00. The molecule has 0 aromatic heterocycles. The van der Waals surface area contributed by atoms with E-state index in [0.717, 1.165) is 10.6 Å². The molecule has 0 radical (unpaired) electrons. The first kappa shape index (κ1) is 15.2. The molecule has 2 N–H and O–H groups in total. The van der Waals surface area contributed by atoms with E-state index in [1.54, 1.807) is 19.2 Å². The topological polar surface area (TPSA) is 69.4 Å². The van der Waals surface area contributed by atoms with Crippen molar-refractivity contribution in [3.8, 4) is 5.75 Å². The molecule has 0 aliphatic heterocycles. The molecule has 4 nitrogen and oxygen atoms in total. The van der Waals surface area contributed by atoms with Gasteiger partial charge in [-0.1, -0.05) is 6.92 Å². The van der Waals surface area contributed by atoms with Crippen molar-refractivity contribution in [1.82, 2.24) is 0 Å². The molecule has 0 saturated carbocycles. The van der Waals surface area contributed by atoms with Crippen LogP contribution in [0.15, 0.2) is 23.1 Å². The van der Waals surface area contributed by atoms with Crippen molar-refractivity contribution < 1.29 is 13.2 Å². The van der Waals surface area contributed by atoms with Crippen LogP contribution in [-0.2, 0) is 9.84 Å². The van der Waals surface area contributed by atoms with Crippen LogP contribution in [0.4, 0.5) is 5.69 Å². The summed E-state index contributed by atoms with van der Waals surface area (Å²) >= 11 is 1.45. The van der Waals surface area contributed by atoms with E-state index in [4.69, 9.17) is 10.5 Å². The standard InChI is InChI=1S/C12H19NO3S2/c1-3-7-18(14,15)8-6-17-12-9-10(16-2)4-5-11(12)13/h4-5,9H,3,6-8,13H2,1-2H3. The normalized spacial score (nSPS) is 11.4. The van der Waals surface area contributed by atoms with Crippen LogP contribution in [0.25, 0.3) is 0 Å². The highest BCUT2D eigenvalue weighted by Crippen LogP contribution is 2.29. The lowest BCUT2D eigenvalue weighted by Gasteiger charge is -2.08. The second-order valence-corrected chi connectivity index (χ2v) is 7.34. The lowest BCUT2D eigenvalue weighted by atomic mass is 10.3. The number of anilines is 1. The Bertz CT molecular complexity index is 486. The number of methoxy groups -OCH3 is 1. The predicted molar refractivity (Wildman–Crippen MR) is 77.1 cm³/mol. The van der Waals surface area contributed by atoms with Crippen LogP contribution in [-0.4, -0.2) is 32.8 Å². The van der Waals surface area contributed by atoms with Crippen molar-refractivity contribution in [1.29, 1.82) is 0 Å². The fourth-order valence-corrected chi connectivity index (χ4v) is 4.29. The average Bonchev–Trinajstić information content (AvgIpc) is 2.31. The molecule has 0 unspecified atom stereocenters. The molecule has 0 aliphatic carbocycles. The van der Waals surface area contributed by atoms with Crippen molar-refractivity contribution >= 4 is 27.3 Å². The summed E-state index contributed by atoms with van der Waals surface area (Å²) in [5, 5.41) is 0. The highest BCUT2D eigenvalue weighted by atomic mass is 32.2. The fourth-order valence-electron chi connectivity index (χ4n) is 1.46. The van der Waals surface area contributed by atoms with Gasteiger partial charge in [-0.3, -0.25) is 0 Å². The van der Waals surface area contributed by atoms with Gasteiger partial charge >= 0.3 is 0 Å². The van der Waals surface area contributed by atoms with Gasteiger partial charge in [0.1, 0.15) is 5.75 Å². The summed E-state index contributed by atoms with van der Waals surface area (Å²) in [6, 6.07) is 5.38. The first-order valence-corrected chi connectivity index (χ1v) is 8.56. The molecule has 102 valence electrons. The van der Waals surface area contributed by atoms with Crippen LogP contribution in [0.1, 0.15) is 13.3 Å². The van der Waals surface area contributed by atoms with Crippen LogP contribution in [0.5, 0.6) is 5.75 Å². The molecule has 18 heavy (non-hydrogen) atoms. The van der Waals surface area contributed by atoms with Crippen LogP contribution in [0.3, 0.4) is 0 Å². The third-order valence-electron chi connectivity index (χ3n) is 2.39. The van der Waals surface area contributed by atoms with Crippen molar-refractivity contribution in [2.45, 2.75) is 18.2 Å². The number of hydrogen-bond donors (Lipinski definition) is 1. The molecule has 0 atom stereocenters. The second kappa shape index (κ2) is 6.89. The minimum Gasteiger partial charge on any atom is -0.497 e. The second-order valence-electron chi connectivity index (χ2n) is 3.90. The molecule has 1 aromatic rings. The number of ether oxygens (including phenoxy) is 1. The van der Waals surface area contributed by atoms with Crippen LogP contribution >= 0.6 is 11.8 Å². The SMILES string of the molecule is CCCS(=O)(=O)CCSc1cc(OC)ccc1N. The van der Waals surface area contributed by atoms with E-state index in [1.807, 2.05) is 13.0 Å². The zero-order valence-corrected chi connectivity index (χ0v) is 12.3. The molecular weight excluding hydrogens is 270 g/mol. The summed E-state index contributed by atoms with van der Waals surface area (Å²) in [4.78, 5) is 0.862. The Balaban J connectivity index is 2.58. The van der Waals surface area contributed by atoms with E-state index in [9.17, 15) is 8.42 Å². The van der Waals surface area contributed by atoms with Gasteiger partial charge in [0.2, 0.25) is 0 Å². The number of hydrogen-bond acceptors (Lipinski definition) is 5. The Morgan fingerprint density at radius 2 is 2.06 bits per heavy atom. The van der Waals surface area contributed by atoms with E-state index in [-0.39, 0.29) is 11.5 Å². The molecule has 1 aromatic carbocycles. The molecule has 0 saturated heterocycles. The molecule has 0 bridgehead atoms. The van der Waals surface area contributed by atoms with Gasteiger partial charge in [-0.25, -0.2) is 8.42 Å². The van der Waals surface area contributed by atoms with Crippen LogP contribution < -0.4 is 10.5 Å². The first-order chi connectivity index (χ1) is 8.48. The minimum atomic E-state index is -2.92. The number of benzene rings is 1. The molecule has 0 spiro atoms. The van der Waals surface area contributed by atoms with Gasteiger partial charge < -0.3 is 10.5 Å². The van der Waals surface area contributed by atoms with E-state index in [2.05, 4.69) is 0 Å². The summed E-state index contributed by atoms with van der Waals surface area (Å²) in [5.41, 5.74) is 6.47. The molecule has 0 heterocycles. The molecule has 0 fully saturated rings. The summed E-state index contributed by atoms with van der Waals surface area (Å²) in [6.07, 6.45) is 0.661. The molecular formula is C12H19NO3S2. The Hall–Kier alpha value is -0.880. The van der Waals surface area contributed by atoms with Crippen molar-refractivity contribution in [3.63, 3.8) is 0 Å². The monoisotopic (exact) mass is 289 g/mol. The van der Waals surface area contributed by atoms with Gasteiger partial charge in [-0.2, -0.15) is 0 Å². The summed E-state index contributed by atoms with van der Waals surface area (Å²) < 4.78 is 28.2. The van der Waals surface area contributed by atoms with E-state index in [1.165, 1.54) is 11.8 Å². The molecule has 6 heteroatoms. The average molecular weight is 289 g/mol. The zero-order valence-electron chi connectivity index (χ0n) is 10.7. The van der Waals surface area contributed by atoms with Crippen LogP contribution in [0.2, 0.25) is 0 Å². The molecule has 0 amide bonds. The summed E-state index contributed by atoms with van der Waals surface area (Å²) in [7, 11) is -1.33. The highest BCUT2D eigenvalue weighted by Gasteiger charge is 2.10. The summed E-state index contributed by atoms with van der Waals surface area (Å²) in [5.74, 6) is 1.67. The van der Waals surface area contributed by atoms with Gasteiger partial charge in [0.25, 0.3) is 0 Å². The zero-order chi connectivity index (χ0) is 13.6. The third kappa shape index (κ3) is 4.78. The molecule has 1 rings (SSSR count). The Kier molecular flexibility index (Phi) is 5.81. The minimum absolute atomic E-state index is 0.183. The predicted octanol–water partition coefficient (Wildman–Crippen LogP) is 2.19. The lowest BCUT2D eigenvalue weighted by Crippen LogP contribution is -2.12. The number of nitrogen functional groups attached to an aromatic ring is 1. The van der Waals surface area contributed by atoms with Crippen LogP contribution in [0, 0.1) is 0 Å². The van der Waals surface area contributed by atoms with Gasteiger partial charge in [0.15, 0.2) is 9.84 Å². The molecule has 0 aliphatic rings. The number of nitrogens with two attached hydrogens (primary N) is 1. The van der Waals surface area contributed by atoms with Gasteiger partial charge in [-0.05, 0) is 24.6 Å². The smallest absolute Gasteiger partial charge is 0.151 e. The van der Waals surface area contributed by atoms with Gasteiger partial charge in [0, 0.05) is 22.1 Å². The number of rotatable bonds is 7. The van der Waals surface area contributed by atoms with Gasteiger partial charge in [0.05, 0.1) is 12.9 Å². The van der Waals surface area contributed by atoms with E-state index >= 15 is 0 Å². The quantitative estimate of drug-likeness (QED) is 0.615. The maximum Gasteiger partial charge on any atom is 0.151 e. The van der Waals surface area contributed by atoms with Crippen molar-refractivity contribution in [3.05, 3.63) is 18.2 Å². The largest absolute Gasteiger partial charge is 0.497 e. The fraction of sp³-hybridized carbons (Fsp3) is 0.500. The number of thioether (sulfide) groups is 1. The number of sulfone groups is 1. The van der Waals surface area contributed by atoms with E-state index < -0.39 is 9.84 Å². The Morgan fingerprint density at radius 1 is 1.33 bits per heavy atom. The van der Waals surface area contributed by atoms with E-state index in [0.29, 0.717) is 17.9 Å². The third-order valence-corrected chi connectivity index (χ3v) is 5.58. The van der Waals surface area contributed by atoms with Gasteiger partial charge in [-0.15, -0.1) is 11.8 Å². The summed E-state index contributed by atoms with van der Waals surface area (Å²) in [6.45, 7) is 1.87. The van der Waals surface area contributed by atoms with Crippen molar-refractivity contribution in [2.24, 2.45) is 0 Å². The Morgan fingerprint density at radius 3 is 2.67 bits per heavy atom. The van der Waals surface area contributed by atoms with Crippen molar-refractivity contribution in [2.75, 3.05) is 30.1 Å². The first-order valence-electron chi connectivity index (χ1n) is 5.75. The Labute approximate surface area is 113 Å². The lowest BCUT2D eigenvalue weighted by molar-refractivity contribution is 0.414. The maximum atomic E-state index is 11.6.